The Morgan fingerprint density at radius 1 is 1.38 bits per heavy atom. The molecule has 0 N–H and O–H groups in total. The predicted octanol–water partition coefficient (Wildman–Crippen LogP) is 2.00. The highest BCUT2D eigenvalue weighted by atomic mass is 16.3. The van der Waals surface area contributed by atoms with Crippen molar-refractivity contribution < 1.29 is 9.21 Å². The van der Waals surface area contributed by atoms with Gasteiger partial charge in [0.1, 0.15) is 5.52 Å². The maximum atomic E-state index is 12.3. The molecule has 0 bridgehead atoms. The molecule has 1 aromatic carbocycles. The molecule has 2 aromatic rings. The molecule has 0 radical (unpaired) electrons. The maximum absolute atomic E-state index is 12.3. The van der Waals surface area contributed by atoms with Gasteiger partial charge in [-0.25, -0.2) is 4.98 Å². The van der Waals surface area contributed by atoms with Gasteiger partial charge in [-0.2, -0.15) is 0 Å². The second-order valence-electron chi connectivity index (χ2n) is 5.50. The van der Waals surface area contributed by atoms with Crippen LogP contribution >= 0.6 is 0 Å². The van der Waals surface area contributed by atoms with E-state index in [0.717, 1.165) is 30.7 Å². The third-order valence-corrected chi connectivity index (χ3v) is 3.79. The number of hydrogen-bond donors (Lipinski definition) is 0. The van der Waals surface area contributed by atoms with E-state index in [1.807, 2.05) is 29.2 Å². The first-order chi connectivity index (χ1) is 10.1. The molecule has 2 heterocycles. The summed E-state index contributed by atoms with van der Waals surface area (Å²) in [5.41, 5.74) is 1.54. The van der Waals surface area contributed by atoms with Gasteiger partial charge in [-0.1, -0.05) is 12.1 Å². The first-order valence-corrected chi connectivity index (χ1v) is 7.16. The van der Waals surface area contributed by atoms with E-state index in [4.69, 9.17) is 4.42 Å². The number of aromatic nitrogens is 1. The summed E-state index contributed by atoms with van der Waals surface area (Å²) in [4.78, 5) is 20.7. The number of likely N-dealkylation sites (N-methyl/N-ethyl adjacent to an activating group) is 1. The summed E-state index contributed by atoms with van der Waals surface area (Å²) in [7, 11) is 2.08. The SMILES string of the molecule is CC1CN(C)CCN1C(=O)/C=C/c1nc2ccccc2o1. The monoisotopic (exact) mass is 285 g/mol. The van der Waals surface area contributed by atoms with Gasteiger partial charge in [0.25, 0.3) is 0 Å². The number of hydrogen-bond acceptors (Lipinski definition) is 4. The lowest BCUT2D eigenvalue weighted by atomic mass is 10.2. The first kappa shape index (κ1) is 13.8. The molecule has 5 nitrogen and oxygen atoms in total. The van der Waals surface area contributed by atoms with Crippen LogP contribution in [0.1, 0.15) is 12.8 Å². The Morgan fingerprint density at radius 2 is 2.19 bits per heavy atom. The summed E-state index contributed by atoms with van der Waals surface area (Å²) in [6, 6.07) is 7.79. The molecule has 0 aliphatic carbocycles. The second-order valence-corrected chi connectivity index (χ2v) is 5.50. The van der Waals surface area contributed by atoms with Crippen molar-refractivity contribution in [2.45, 2.75) is 13.0 Å². The average molecular weight is 285 g/mol. The van der Waals surface area contributed by atoms with Crippen LogP contribution in [0.5, 0.6) is 0 Å². The Hall–Kier alpha value is -2.14. The lowest BCUT2D eigenvalue weighted by Crippen LogP contribution is -2.52. The first-order valence-electron chi connectivity index (χ1n) is 7.16. The van der Waals surface area contributed by atoms with Gasteiger partial charge >= 0.3 is 0 Å². The van der Waals surface area contributed by atoms with E-state index in [0.29, 0.717) is 5.89 Å². The number of para-hydroxylation sites is 2. The van der Waals surface area contributed by atoms with Gasteiger partial charge in [-0.05, 0) is 26.1 Å². The van der Waals surface area contributed by atoms with E-state index in [1.165, 1.54) is 0 Å². The van der Waals surface area contributed by atoms with Gasteiger partial charge in [0.15, 0.2) is 5.58 Å². The van der Waals surface area contributed by atoms with E-state index in [-0.39, 0.29) is 11.9 Å². The molecule has 21 heavy (non-hydrogen) atoms. The number of carbonyl (C=O) groups is 1. The summed E-state index contributed by atoms with van der Waals surface area (Å²) in [5.74, 6) is 0.476. The van der Waals surface area contributed by atoms with Crippen molar-refractivity contribution in [3.8, 4) is 0 Å². The van der Waals surface area contributed by atoms with Crippen LogP contribution in [0.2, 0.25) is 0 Å². The Kier molecular flexibility index (Phi) is 3.75. The van der Waals surface area contributed by atoms with Crippen LogP contribution in [-0.4, -0.2) is 53.4 Å². The molecular formula is C16H19N3O2. The van der Waals surface area contributed by atoms with Crippen molar-refractivity contribution >= 4 is 23.1 Å². The van der Waals surface area contributed by atoms with E-state index in [1.54, 1.807) is 12.2 Å². The lowest BCUT2D eigenvalue weighted by molar-refractivity contribution is -0.130. The van der Waals surface area contributed by atoms with Crippen LogP contribution in [0.25, 0.3) is 17.2 Å². The predicted molar refractivity (Wildman–Crippen MR) is 81.7 cm³/mol. The largest absolute Gasteiger partial charge is 0.437 e. The highest BCUT2D eigenvalue weighted by Crippen LogP contribution is 2.16. The highest BCUT2D eigenvalue weighted by Gasteiger charge is 2.24. The van der Waals surface area contributed by atoms with Crippen LogP contribution < -0.4 is 0 Å². The second kappa shape index (κ2) is 5.69. The van der Waals surface area contributed by atoms with Gasteiger partial charge in [-0.15, -0.1) is 0 Å². The topological polar surface area (TPSA) is 49.6 Å². The number of amides is 1. The minimum atomic E-state index is 0.0119. The summed E-state index contributed by atoms with van der Waals surface area (Å²) in [6.45, 7) is 4.64. The van der Waals surface area contributed by atoms with Crippen molar-refractivity contribution in [1.29, 1.82) is 0 Å². The van der Waals surface area contributed by atoms with Crippen molar-refractivity contribution in [2.75, 3.05) is 26.7 Å². The fourth-order valence-corrected chi connectivity index (χ4v) is 2.67. The molecule has 1 fully saturated rings. The molecule has 3 rings (SSSR count). The van der Waals surface area contributed by atoms with Crippen LogP contribution in [0.4, 0.5) is 0 Å². The van der Waals surface area contributed by atoms with E-state index < -0.39 is 0 Å². The number of carbonyl (C=O) groups excluding carboxylic acids is 1. The third-order valence-electron chi connectivity index (χ3n) is 3.79. The lowest BCUT2D eigenvalue weighted by Gasteiger charge is -2.37. The zero-order chi connectivity index (χ0) is 14.8. The summed E-state index contributed by atoms with van der Waals surface area (Å²) in [5, 5.41) is 0. The minimum Gasteiger partial charge on any atom is -0.437 e. The third kappa shape index (κ3) is 2.97. The van der Waals surface area contributed by atoms with Crippen LogP contribution in [-0.2, 0) is 4.79 Å². The van der Waals surface area contributed by atoms with E-state index in [2.05, 4.69) is 23.9 Å². The molecule has 1 aliphatic heterocycles. The van der Waals surface area contributed by atoms with Crippen LogP contribution in [0.3, 0.4) is 0 Å². The highest BCUT2D eigenvalue weighted by molar-refractivity contribution is 5.91. The summed E-state index contributed by atoms with van der Waals surface area (Å²) < 4.78 is 5.57. The molecule has 1 aliphatic rings. The number of piperazine rings is 1. The van der Waals surface area contributed by atoms with Gasteiger partial charge in [0.05, 0.1) is 0 Å². The van der Waals surface area contributed by atoms with Crippen molar-refractivity contribution in [3.05, 3.63) is 36.2 Å². The molecule has 1 unspecified atom stereocenters. The van der Waals surface area contributed by atoms with Gasteiger partial charge in [0.2, 0.25) is 11.8 Å². The van der Waals surface area contributed by atoms with Crippen LogP contribution in [0.15, 0.2) is 34.8 Å². The number of oxazole rings is 1. The van der Waals surface area contributed by atoms with Crippen molar-refractivity contribution in [2.24, 2.45) is 0 Å². The van der Waals surface area contributed by atoms with Crippen molar-refractivity contribution in [1.82, 2.24) is 14.8 Å². The quantitative estimate of drug-likeness (QED) is 0.792. The number of nitrogens with zero attached hydrogens (tertiary/aromatic N) is 3. The Labute approximate surface area is 123 Å². The number of benzene rings is 1. The van der Waals surface area contributed by atoms with Gasteiger partial charge in [0, 0.05) is 37.8 Å². The molecule has 0 saturated carbocycles. The molecule has 1 atom stereocenters. The average Bonchev–Trinajstić information content (AvgIpc) is 2.87. The van der Waals surface area contributed by atoms with Gasteiger partial charge < -0.3 is 14.2 Å². The number of rotatable bonds is 2. The van der Waals surface area contributed by atoms with E-state index in [9.17, 15) is 4.79 Å². The van der Waals surface area contributed by atoms with Gasteiger partial charge in [-0.3, -0.25) is 4.79 Å². The molecule has 1 saturated heterocycles. The summed E-state index contributed by atoms with van der Waals surface area (Å²) in [6.07, 6.45) is 3.19. The smallest absolute Gasteiger partial charge is 0.247 e. The Bertz CT molecular complexity index is 644. The molecule has 1 amide bonds. The molecule has 110 valence electrons. The number of fused-ring (bicyclic) bond motifs is 1. The molecule has 5 heteroatoms. The fraction of sp³-hybridized carbons (Fsp3) is 0.375. The molecular weight excluding hydrogens is 266 g/mol. The normalized spacial score (nSPS) is 20.5. The van der Waals surface area contributed by atoms with E-state index >= 15 is 0 Å². The fourth-order valence-electron chi connectivity index (χ4n) is 2.67. The minimum absolute atomic E-state index is 0.0119. The summed E-state index contributed by atoms with van der Waals surface area (Å²) >= 11 is 0. The molecule has 0 spiro atoms. The van der Waals surface area contributed by atoms with Crippen molar-refractivity contribution in [3.63, 3.8) is 0 Å². The Balaban J connectivity index is 1.71. The van der Waals surface area contributed by atoms with Crippen LogP contribution in [0, 0.1) is 0 Å². The zero-order valence-corrected chi connectivity index (χ0v) is 12.3. The maximum Gasteiger partial charge on any atom is 0.247 e. The molecule has 1 aromatic heterocycles. The zero-order valence-electron chi connectivity index (χ0n) is 12.3. The Morgan fingerprint density at radius 3 is 2.95 bits per heavy atom. The standard InChI is InChI=1S/C16H19N3O2/c1-12-11-18(2)9-10-19(12)16(20)8-7-15-17-13-5-3-4-6-14(13)21-15/h3-8,12H,9-11H2,1-2H3/b8-7+.